The molecule has 0 spiro atoms. The number of nitrogens with zero attached hydrogens (tertiary/aromatic N) is 2. The maximum absolute atomic E-state index is 12.8. The van der Waals surface area contributed by atoms with Crippen molar-refractivity contribution in [1.29, 1.82) is 0 Å². The zero-order valence-corrected chi connectivity index (χ0v) is 9.29. The smallest absolute Gasteiger partial charge is 0.258 e. The molecule has 0 aliphatic rings. The van der Waals surface area contributed by atoms with Crippen LogP contribution in [0.4, 0.5) is 18.9 Å². The summed E-state index contributed by atoms with van der Waals surface area (Å²) in [7, 11) is 0. The molecule has 0 fully saturated rings. The Labute approximate surface area is 103 Å². The molecule has 0 aliphatic carbocycles. The molecule has 0 amide bonds. The highest BCUT2D eigenvalue weighted by Crippen LogP contribution is 2.40. The summed E-state index contributed by atoms with van der Waals surface area (Å²) in [6, 6.07) is 3.28. The summed E-state index contributed by atoms with van der Waals surface area (Å²) in [6.45, 7) is 0. The standard InChI is InChI=1S/C10H4ClF3N2O2/c11-9-7(16(17)18)4-15-6-3-1-2-5(8(6)9)10(12,13)14/h1-4H. The number of rotatable bonds is 1. The van der Waals surface area contributed by atoms with E-state index >= 15 is 0 Å². The maximum Gasteiger partial charge on any atom is 0.417 e. The van der Waals surface area contributed by atoms with Crippen LogP contribution in [0, 0.1) is 10.1 Å². The molecular weight excluding hydrogens is 273 g/mol. The Morgan fingerprint density at radius 3 is 2.56 bits per heavy atom. The van der Waals surface area contributed by atoms with Gasteiger partial charge in [0.25, 0.3) is 0 Å². The zero-order chi connectivity index (χ0) is 13.5. The number of benzene rings is 1. The predicted octanol–water partition coefficient (Wildman–Crippen LogP) is 3.82. The van der Waals surface area contributed by atoms with Crippen LogP contribution in [0.25, 0.3) is 10.9 Å². The third-order valence-electron chi connectivity index (χ3n) is 2.31. The van der Waals surface area contributed by atoms with E-state index in [-0.39, 0.29) is 5.52 Å². The van der Waals surface area contributed by atoms with Crippen LogP contribution in [0.3, 0.4) is 0 Å². The Hall–Kier alpha value is -1.89. The molecule has 0 atom stereocenters. The minimum Gasteiger partial charge on any atom is -0.258 e. The van der Waals surface area contributed by atoms with Crippen LogP contribution in [-0.2, 0) is 6.18 Å². The Morgan fingerprint density at radius 2 is 2.00 bits per heavy atom. The highest BCUT2D eigenvalue weighted by atomic mass is 35.5. The third kappa shape index (κ3) is 1.97. The van der Waals surface area contributed by atoms with Crippen molar-refractivity contribution in [1.82, 2.24) is 4.98 Å². The van der Waals surface area contributed by atoms with Gasteiger partial charge in [-0.3, -0.25) is 10.1 Å². The van der Waals surface area contributed by atoms with Gasteiger partial charge in [0, 0.05) is 5.39 Å². The van der Waals surface area contributed by atoms with Crippen molar-refractivity contribution in [3.05, 3.63) is 45.1 Å². The monoisotopic (exact) mass is 276 g/mol. The molecule has 2 aromatic rings. The summed E-state index contributed by atoms with van der Waals surface area (Å²) in [5.74, 6) is 0. The number of nitro groups is 1. The number of hydrogen-bond donors (Lipinski definition) is 0. The fraction of sp³-hybridized carbons (Fsp3) is 0.100. The second kappa shape index (κ2) is 4.09. The van der Waals surface area contributed by atoms with Gasteiger partial charge in [-0.05, 0) is 12.1 Å². The van der Waals surface area contributed by atoms with Crippen LogP contribution in [-0.4, -0.2) is 9.91 Å². The van der Waals surface area contributed by atoms with E-state index in [2.05, 4.69) is 4.98 Å². The SMILES string of the molecule is O=[N+]([O-])c1cnc2cccc(C(F)(F)F)c2c1Cl. The highest BCUT2D eigenvalue weighted by Gasteiger charge is 2.34. The molecule has 94 valence electrons. The van der Waals surface area contributed by atoms with E-state index in [1.54, 1.807) is 0 Å². The first-order valence-electron chi connectivity index (χ1n) is 4.61. The first-order chi connectivity index (χ1) is 8.32. The van der Waals surface area contributed by atoms with Gasteiger partial charge < -0.3 is 0 Å². The van der Waals surface area contributed by atoms with Crippen molar-refractivity contribution in [2.24, 2.45) is 0 Å². The molecular formula is C10H4ClF3N2O2. The second-order valence-electron chi connectivity index (χ2n) is 3.41. The van der Waals surface area contributed by atoms with Gasteiger partial charge in [-0.1, -0.05) is 17.7 Å². The molecule has 0 aliphatic heterocycles. The van der Waals surface area contributed by atoms with Gasteiger partial charge in [-0.2, -0.15) is 13.2 Å². The summed E-state index contributed by atoms with van der Waals surface area (Å²) in [4.78, 5) is 13.4. The molecule has 0 N–H and O–H groups in total. The summed E-state index contributed by atoms with van der Waals surface area (Å²) in [6.07, 6.45) is -3.81. The van der Waals surface area contributed by atoms with Crippen molar-refractivity contribution in [2.75, 3.05) is 0 Å². The predicted molar refractivity (Wildman–Crippen MR) is 58.4 cm³/mol. The molecule has 1 aromatic heterocycles. The van der Waals surface area contributed by atoms with Crippen LogP contribution in [0.5, 0.6) is 0 Å². The van der Waals surface area contributed by atoms with Gasteiger partial charge >= 0.3 is 11.9 Å². The number of alkyl halides is 3. The van der Waals surface area contributed by atoms with E-state index in [1.165, 1.54) is 12.1 Å². The van der Waals surface area contributed by atoms with Crippen molar-refractivity contribution in [3.63, 3.8) is 0 Å². The van der Waals surface area contributed by atoms with Gasteiger partial charge in [0.05, 0.1) is 16.0 Å². The summed E-state index contributed by atoms with van der Waals surface area (Å²) in [5, 5.41) is 9.61. The minimum atomic E-state index is -4.65. The molecule has 4 nitrogen and oxygen atoms in total. The van der Waals surface area contributed by atoms with Crippen LogP contribution < -0.4 is 0 Å². The number of halogens is 4. The summed E-state index contributed by atoms with van der Waals surface area (Å²) in [5.41, 5.74) is -1.73. The topological polar surface area (TPSA) is 56.0 Å². The van der Waals surface area contributed by atoms with Crippen LogP contribution >= 0.6 is 11.6 Å². The average molecular weight is 277 g/mol. The van der Waals surface area contributed by atoms with Gasteiger partial charge in [0.15, 0.2) is 0 Å². The number of pyridine rings is 1. The Morgan fingerprint density at radius 1 is 1.33 bits per heavy atom. The molecule has 0 saturated carbocycles. The Kier molecular flexibility index (Phi) is 2.86. The molecule has 0 radical (unpaired) electrons. The van der Waals surface area contributed by atoms with Crippen molar-refractivity contribution < 1.29 is 18.1 Å². The molecule has 1 heterocycles. The van der Waals surface area contributed by atoms with Gasteiger partial charge in [0.2, 0.25) is 0 Å². The van der Waals surface area contributed by atoms with Crippen molar-refractivity contribution in [3.8, 4) is 0 Å². The lowest BCUT2D eigenvalue weighted by Crippen LogP contribution is -2.06. The summed E-state index contributed by atoms with van der Waals surface area (Å²) < 4.78 is 38.3. The lowest BCUT2D eigenvalue weighted by molar-refractivity contribution is -0.384. The maximum atomic E-state index is 12.8. The van der Waals surface area contributed by atoms with Crippen LogP contribution in [0.15, 0.2) is 24.4 Å². The first kappa shape index (κ1) is 12.6. The normalized spacial score (nSPS) is 11.8. The van der Waals surface area contributed by atoms with E-state index < -0.39 is 32.8 Å². The van der Waals surface area contributed by atoms with Crippen LogP contribution in [0.2, 0.25) is 5.02 Å². The largest absolute Gasteiger partial charge is 0.417 e. The molecule has 0 saturated heterocycles. The zero-order valence-electron chi connectivity index (χ0n) is 8.53. The molecule has 18 heavy (non-hydrogen) atoms. The lowest BCUT2D eigenvalue weighted by atomic mass is 10.1. The minimum absolute atomic E-state index is 0.0413. The van der Waals surface area contributed by atoms with E-state index in [1.807, 2.05) is 0 Å². The highest BCUT2D eigenvalue weighted by molar-refractivity contribution is 6.37. The fourth-order valence-electron chi connectivity index (χ4n) is 1.56. The number of fused-ring (bicyclic) bond motifs is 1. The average Bonchev–Trinajstić information content (AvgIpc) is 2.27. The van der Waals surface area contributed by atoms with E-state index in [0.29, 0.717) is 0 Å². The Bertz CT molecular complexity index is 643. The van der Waals surface area contributed by atoms with Crippen molar-refractivity contribution >= 4 is 28.2 Å². The van der Waals surface area contributed by atoms with Gasteiger partial charge in [-0.25, -0.2) is 4.98 Å². The molecule has 1 aromatic carbocycles. The van der Waals surface area contributed by atoms with Crippen molar-refractivity contribution in [2.45, 2.75) is 6.18 Å². The molecule has 2 rings (SSSR count). The number of hydrogen-bond acceptors (Lipinski definition) is 3. The molecule has 8 heteroatoms. The van der Waals surface area contributed by atoms with Gasteiger partial charge in [-0.15, -0.1) is 0 Å². The quantitative estimate of drug-likeness (QED) is 0.588. The van der Waals surface area contributed by atoms with Crippen LogP contribution in [0.1, 0.15) is 5.56 Å². The molecule has 0 bridgehead atoms. The third-order valence-corrected chi connectivity index (χ3v) is 2.70. The van der Waals surface area contributed by atoms with E-state index in [4.69, 9.17) is 11.6 Å². The Balaban J connectivity index is 2.90. The first-order valence-corrected chi connectivity index (χ1v) is 4.99. The summed E-state index contributed by atoms with van der Waals surface area (Å²) >= 11 is 5.67. The fourth-order valence-corrected chi connectivity index (χ4v) is 1.87. The van der Waals surface area contributed by atoms with E-state index in [0.717, 1.165) is 12.3 Å². The van der Waals surface area contributed by atoms with Gasteiger partial charge in [0.1, 0.15) is 11.2 Å². The molecule has 0 unspecified atom stereocenters. The second-order valence-corrected chi connectivity index (χ2v) is 3.79. The lowest BCUT2D eigenvalue weighted by Gasteiger charge is -2.10. The van der Waals surface area contributed by atoms with E-state index in [9.17, 15) is 23.3 Å². The number of aromatic nitrogens is 1.